The number of hydrogen-bond acceptors (Lipinski definition) is 4. The Hall–Kier alpha value is -0.920. The summed E-state index contributed by atoms with van der Waals surface area (Å²) < 4.78 is 3.51. The van der Waals surface area contributed by atoms with Gasteiger partial charge in [-0.15, -0.1) is 20.7 Å². The largest absolute Gasteiger partial charge is 0.373 e. The molecule has 0 bridgehead atoms. The molecule has 3 N–H and O–H groups in total. The number of nitrogens with one attached hydrogen (secondary N) is 2. The van der Waals surface area contributed by atoms with E-state index in [4.69, 9.17) is 10.4 Å². The summed E-state index contributed by atoms with van der Waals surface area (Å²) in [6, 6.07) is 2.49. The Morgan fingerprint density at radius 3 is 2.72 bits per heavy atom. The van der Waals surface area contributed by atoms with Crippen molar-refractivity contribution in [3.8, 4) is 0 Å². The molecule has 3 aliphatic rings. The second-order valence-electron chi connectivity index (χ2n) is 8.72. The van der Waals surface area contributed by atoms with Crippen LogP contribution in [0.3, 0.4) is 0 Å². The van der Waals surface area contributed by atoms with Gasteiger partial charge in [0, 0.05) is 15.9 Å². The van der Waals surface area contributed by atoms with Crippen LogP contribution in [0.25, 0.3) is 12.2 Å². The Balaban J connectivity index is 1.53. The minimum absolute atomic E-state index is 0.218. The summed E-state index contributed by atoms with van der Waals surface area (Å²) in [7, 11) is 0. The number of aromatic nitrogens is 1. The van der Waals surface area contributed by atoms with Gasteiger partial charge >= 0.3 is 0 Å². The van der Waals surface area contributed by atoms with Gasteiger partial charge in [0.05, 0.1) is 11.0 Å². The molecule has 2 atom stereocenters. The van der Waals surface area contributed by atoms with E-state index in [0.29, 0.717) is 6.04 Å². The zero-order chi connectivity index (χ0) is 20.1. The highest BCUT2D eigenvalue weighted by Crippen LogP contribution is 2.33. The molecule has 2 saturated carbocycles. The molecule has 158 valence electrons. The fourth-order valence-electron chi connectivity index (χ4n) is 4.35. The van der Waals surface area contributed by atoms with Gasteiger partial charge in [0.1, 0.15) is 6.23 Å². The first kappa shape index (κ1) is 21.3. The van der Waals surface area contributed by atoms with Gasteiger partial charge in [0.25, 0.3) is 0 Å². The lowest BCUT2D eigenvalue weighted by atomic mass is 9.94. The van der Waals surface area contributed by atoms with Crippen LogP contribution in [-0.4, -0.2) is 30.3 Å². The molecule has 0 aromatic carbocycles. The summed E-state index contributed by atoms with van der Waals surface area (Å²) in [5.41, 5.74) is 1.99. The van der Waals surface area contributed by atoms with Crippen molar-refractivity contribution in [3.63, 3.8) is 0 Å². The molecule has 1 heterocycles. The van der Waals surface area contributed by atoms with Crippen molar-refractivity contribution in [2.24, 2.45) is 5.92 Å². The van der Waals surface area contributed by atoms with Gasteiger partial charge in [-0.2, -0.15) is 0 Å². The first-order valence-electron chi connectivity index (χ1n) is 11.3. The van der Waals surface area contributed by atoms with E-state index in [2.05, 4.69) is 27.5 Å². The molecule has 29 heavy (non-hydrogen) atoms. The van der Waals surface area contributed by atoms with Gasteiger partial charge in [-0.3, -0.25) is 5.32 Å². The fraction of sp³-hybridized carbons (Fsp3) is 0.625. The molecule has 4 rings (SSSR count). The van der Waals surface area contributed by atoms with Crippen LogP contribution in [0, 0.1) is 11.3 Å². The third kappa shape index (κ3) is 6.05. The molecule has 4 nitrogen and oxygen atoms in total. The van der Waals surface area contributed by atoms with E-state index in [1.165, 1.54) is 42.9 Å². The van der Waals surface area contributed by atoms with Crippen molar-refractivity contribution >= 4 is 43.1 Å². The molecule has 0 spiro atoms. The summed E-state index contributed by atoms with van der Waals surface area (Å²) in [6.07, 6.45) is 18.3. The summed E-state index contributed by atoms with van der Waals surface area (Å²) in [5, 5.41) is 24.4. The second-order valence-corrected chi connectivity index (χ2v) is 12.1. The van der Waals surface area contributed by atoms with Crippen molar-refractivity contribution in [1.29, 1.82) is 5.41 Å². The van der Waals surface area contributed by atoms with Gasteiger partial charge in [0.2, 0.25) is 0 Å². The highest BCUT2D eigenvalue weighted by Gasteiger charge is 2.20. The standard InChI is InChI=1S/C24H34IN3O/c26-16-17(12-13-25-19-10-11-19)14-18-15-23(28-22-9-5-4-8-21(18)22)24(29)27-20-6-2-1-3-7-20/h8-9,13,15-17,19-20,24,26-27,29H,1-7,10-12,14H2. The summed E-state index contributed by atoms with van der Waals surface area (Å²) in [4.78, 5) is 4.81. The molecule has 1 aromatic rings. The van der Waals surface area contributed by atoms with E-state index in [9.17, 15) is 5.11 Å². The van der Waals surface area contributed by atoms with Crippen molar-refractivity contribution < 1.29 is 5.11 Å². The Morgan fingerprint density at radius 2 is 1.97 bits per heavy atom. The maximum atomic E-state index is 10.9. The van der Waals surface area contributed by atoms with E-state index in [-0.39, 0.29) is 26.6 Å². The molecule has 0 radical (unpaired) electrons. The van der Waals surface area contributed by atoms with Crippen molar-refractivity contribution in [1.82, 2.24) is 10.3 Å². The van der Waals surface area contributed by atoms with Crippen LogP contribution in [0.2, 0.25) is 0 Å². The number of alkyl halides is 1. The lowest BCUT2D eigenvalue weighted by Gasteiger charge is -2.26. The highest BCUT2D eigenvalue weighted by molar-refractivity contribution is 14.2. The molecular formula is C24H34IN3O. The summed E-state index contributed by atoms with van der Waals surface area (Å²) in [5.74, 6) is 0.256. The number of pyridine rings is 1. The molecule has 0 saturated heterocycles. The number of fused-ring (bicyclic) bond motifs is 1. The third-order valence-electron chi connectivity index (χ3n) is 6.21. The number of halogens is 1. The van der Waals surface area contributed by atoms with Crippen molar-refractivity contribution in [2.75, 3.05) is 0 Å². The highest BCUT2D eigenvalue weighted by atomic mass is 127. The lowest BCUT2D eigenvalue weighted by molar-refractivity contribution is 0.109. The van der Waals surface area contributed by atoms with E-state index >= 15 is 0 Å². The van der Waals surface area contributed by atoms with E-state index in [0.717, 1.165) is 53.5 Å². The molecular weight excluding hydrogens is 473 g/mol. The van der Waals surface area contributed by atoms with Gasteiger partial charge < -0.3 is 10.5 Å². The van der Waals surface area contributed by atoms with Gasteiger partial charge in [-0.25, -0.2) is 4.98 Å². The molecule has 0 aliphatic heterocycles. The Labute approximate surface area is 184 Å². The molecule has 5 heteroatoms. The Kier molecular flexibility index (Phi) is 7.65. The molecule has 3 aliphatic carbocycles. The zero-order valence-corrected chi connectivity index (χ0v) is 19.4. The SMILES string of the molecule is N=CC(CC=IC1CC1)Cc1cc(C(O)NC2CCCCC2)nc2c1=CCCC=2. The maximum absolute atomic E-state index is 10.9. The zero-order valence-electron chi connectivity index (χ0n) is 17.2. The van der Waals surface area contributed by atoms with Crippen LogP contribution in [0.15, 0.2) is 6.07 Å². The Bertz CT molecular complexity index is 856. The summed E-state index contributed by atoms with van der Waals surface area (Å²) >= 11 is 0.218. The predicted octanol–water partition coefficient (Wildman–Crippen LogP) is 3.48. The molecule has 1 aromatic heterocycles. The first-order valence-corrected chi connectivity index (χ1v) is 13.8. The number of rotatable bonds is 9. The lowest BCUT2D eigenvalue weighted by Crippen LogP contribution is -2.39. The van der Waals surface area contributed by atoms with Crippen molar-refractivity contribution in [3.05, 3.63) is 27.9 Å². The minimum Gasteiger partial charge on any atom is -0.373 e. The fourth-order valence-corrected chi connectivity index (χ4v) is 7.10. The van der Waals surface area contributed by atoms with E-state index < -0.39 is 6.23 Å². The average Bonchev–Trinajstić information content (AvgIpc) is 3.58. The van der Waals surface area contributed by atoms with Gasteiger partial charge in [0.15, 0.2) is 0 Å². The van der Waals surface area contributed by atoms with Gasteiger partial charge in [-0.1, -0.05) is 35.4 Å². The number of aliphatic hydroxyl groups excluding tert-OH is 1. The quantitative estimate of drug-likeness (QED) is 0.208. The van der Waals surface area contributed by atoms with Gasteiger partial charge in [-0.05, 0) is 74.4 Å². The summed E-state index contributed by atoms with van der Waals surface area (Å²) in [6.45, 7) is 0. The van der Waals surface area contributed by atoms with Crippen LogP contribution >= 0.6 is 20.7 Å². The molecule has 0 amide bonds. The third-order valence-corrected chi connectivity index (χ3v) is 9.49. The van der Waals surface area contributed by atoms with Crippen LogP contribution in [0.4, 0.5) is 0 Å². The van der Waals surface area contributed by atoms with Crippen LogP contribution in [-0.2, 0) is 6.42 Å². The van der Waals surface area contributed by atoms with E-state index in [1.54, 1.807) is 6.21 Å². The normalized spacial score (nSPS) is 22.1. The second kappa shape index (κ2) is 10.4. The number of nitrogens with zero attached hydrogens (tertiary/aromatic N) is 1. The predicted molar refractivity (Wildman–Crippen MR) is 130 cm³/mol. The maximum Gasteiger partial charge on any atom is 0.148 e. The monoisotopic (exact) mass is 507 g/mol. The smallest absolute Gasteiger partial charge is 0.148 e. The number of hydrogen-bond donors (Lipinski definition) is 3. The van der Waals surface area contributed by atoms with Crippen LogP contribution < -0.4 is 15.9 Å². The minimum atomic E-state index is -0.705. The molecule has 2 unspecified atom stereocenters. The average molecular weight is 507 g/mol. The molecule has 2 fully saturated rings. The van der Waals surface area contributed by atoms with E-state index in [1.807, 2.05) is 0 Å². The topological polar surface area (TPSA) is 69.0 Å². The first-order chi connectivity index (χ1) is 14.2. The van der Waals surface area contributed by atoms with Crippen LogP contribution in [0.1, 0.15) is 81.7 Å². The number of aliphatic hydroxyl groups is 1. The Morgan fingerprint density at radius 1 is 1.17 bits per heavy atom. The van der Waals surface area contributed by atoms with Crippen LogP contribution in [0.5, 0.6) is 0 Å². The van der Waals surface area contributed by atoms with Crippen molar-refractivity contribution in [2.45, 2.75) is 86.8 Å².